The van der Waals surface area contributed by atoms with Gasteiger partial charge in [-0.1, -0.05) is 12.1 Å². The summed E-state index contributed by atoms with van der Waals surface area (Å²) in [4.78, 5) is 14.4. The third kappa shape index (κ3) is 1.86. The quantitative estimate of drug-likeness (QED) is 0.786. The summed E-state index contributed by atoms with van der Waals surface area (Å²) in [5.74, 6) is 0.0817. The van der Waals surface area contributed by atoms with Crippen molar-refractivity contribution in [1.29, 1.82) is 0 Å². The topological polar surface area (TPSA) is 61.0 Å². The van der Waals surface area contributed by atoms with Gasteiger partial charge in [-0.2, -0.15) is 5.10 Å². The predicted octanol–water partition coefficient (Wildman–Crippen LogP) is 0.997. The van der Waals surface area contributed by atoms with Crippen molar-refractivity contribution in [3.05, 3.63) is 30.0 Å². The maximum atomic E-state index is 12.5. The van der Waals surface area contributed by atoms with E-state index in [0.29, 0.717) is 11.6 Å². The number of carbonyl (C=O) groups is 1. The average molecular weight is 244 g/mol. The molecule has 0 radical (unpaired) electrons. The molecular formula is C13H16N4O. The number of aromatic nitrogens is 2. The molecule has 1 aliphatic heterocycles. The van der Waals surface area contributed by atoms with Crippen molar-refractivity contribution in [2.45, 2.75) is 13.0 Å². The Kier molecular flexibility index (Phi) is 2.76. The number of piperazine rings is 1. The van der Waals surface area contributed by atoms with Gasteiger partial charge < -0.3 is 10.2 Å². The monoisotopic (exact) mass is 244 g/mol. The number of fused-ring (bicyclic) bond motifs is 1. The molecule has 0 aliphatic carbocycles. The van der Waals surface area contributed by atoms with Crippen molar-refractivity contribution in [3.63, 3.8) is 0 Å². The number of H-pyrrole nitrogens is 1. The van der Waals surface area contributed by atoms with Gasteiger partial charge >= 0.3 is 0 Å². The number of amides is 1. The van der Waals surface area contributed by atoms with Crippen molar-refractivity contribution in [1.82, 2.24) is 20.4 Å². The van der Waals surface area contributed by atoms with Crippen molar-refractivity contribution in [3.8, 4) is 0 Å². The number of para-hydroxylation sites is 1. The second-order valence-electron chi connectivity index (χ2n) is 4.75. The van der Waals surface area contributed by atoms with Gasteiger partial charge in [-0.3, -0.25) is 9.89 Å². The fourth-order valence-electron chi connectivity index (χ4n) is 2.43. The first kappa shape index (κ1) is 11.2. The highest BCUT2D eigenvalue weighted by Gasteiger charge is 2.23. The minimum Gasteiger partial charge on any atom is -0.336 e. The van der Waals surface area contributed by atoms with E-state index >= 15 is 0 Å². The van der Waals surface area contributed by atoms with Gasteiger partial charge in [0.15, 0.2) is 0 Å². The van der Waals surface area contributed by atoms with Gasteiger partial charge in [0.05, 0.1) is 17.3 Å². The Morgan fingerprint density at radius 3 is 3.22 bits per heavy atom. The molecule has 1 fully saturated rings. The van der Waals surface area contributed by atoms with Crippen LogP contribution < -0.4 is 5.32 Å². The van der Waals surface area contributed by atoms with E-state index < -0.39 is 0 Å². The molecule has 3 rings (SSSR count). The highest BCUT2D eigenvalue weighted by molar-refractivity contribution is 6.05. The van der Waals surface area contributed by atoms with E-state index in [4.69, 9.17) is 0 Å². The summed E-state index contributed by atoms with van der Waals surface area (Å²) in [6.07, 6.45) is 1.74. The number of aromatic amines is 1. The molecule has 94 valence electrons. The summed E-state index contributed by atoms with van der Waals surface area (Å²) in [5, 5.41) is 11.2. The average Bonchev–Trinajstić information content (AvgIpc) is 2.86. The van der Waals surface area contributed by atoms with Crippen LogP contribution in [0.4, 0.5) is 0 Å². The summed E-state index contributed by atoms with van der Waals surface area (Å²) < 4.78 is 0. The summed E-state index contributed by atoms with van der Waals surface area (Å²) in [7, 11) is 0. The van der Waals surface area contributed by atoms with Crippen LogP contribution in [0, 0.1) is 0 Å². The second kappa shape index (κ2) is 4.42. The number of hydrogen-bond acceptors (Lipinski definition) is 3. The van der Waals surface area contributed by atoms with Gasteiger partial charge in [-0.25, -0.2) is 0 Å². The van der Waals surface area contributed by atoms with Gasteiger partial charge in [-0.15, -0.1) is 0 Å². The zero-order valence-corrected chi connectivity index (χ0v) is 10.3. The molecule has 1 aromatic heterocycles. The number of nitrogens with zero attached hydrogens (tertiary/aromatic N) is 2. The maximum absolute atomic E-state index is 12.5. The first-order chi connectivity index (χ1) is 8.75. The fraction of sp³-hybridized carbons (Fsp3) is 0.385. The summed E-state index contributed by atoms with van der Waals surface area (Å²) in [5.41, 5.74) is 1.53. The zero-order valence-electron chi connectivity index (χ0n) is 10.3. The Hall–Kier alpha value is -1.88. The van der Waals surface area contributed by atoms with E-state index in [2.05, 4.69) is 22.4 Å². The number of rotatable bonds is 1. The van der Waals surface area contributed by atoms with Gasteiger partial charge in [0.2, 0.25) is 0 Å². The molecule has 1 aliphatic rings. The van der Waals surface area contributed by atoms with Gasteiger partial charge in [0.1, 0.15) is 0 Å². The second-order valence-corrected chi connectivity index (χ2v) is 4.75. The molecular weight excluding hydrogens is 228 g/mol. The first-order valence-corrected chi connectivity index (χ1v) is 6.20. The molecule has 2 heterocycles. The molecule has 2 aromatic rings. The Bertz CT molecular complexity index is 577. The standard InChI is InChI=1S/C13H16N4O/c1-9-8-17(6-5-14-9)13(18)11-4-2-3-10-7-15-16-12(10)11/h2-4,7,9,14H,5-6,8H2,1H3,(H,15,16)/t9-/m0/s1. The van der Waals surface area contributed by atoms with Gasteiger partial charge in [0.25, 0.3) is 5.91 Å². The smallest absolute Gasteiger partial charge is 0.256 e. The van der Waals surface area contributed by atoms with Crippen LogP contribution in [0.15, 0.2) is 24.4 Å². The highest BCUT2D eigenvalue weighted by Crippen LogP contribution is 2.18. The Morgan fingerprint density at radius 1 is 1.50 bits per heavy atom. The van der Waals surface area contributed by atoms with Crippen molar-refractivity contribution in [2.75, 3.05) is 19.6 Å². The molecule has 1 amide bonds. The van der Waals surface area contributed by atoms with Gasteiger partial charge in [0, 0.05) is 31.1 Å². The predicted molar refractivity (Wildman–Crippen MR) is 69.5 cm³/mol. The normalized spacial score (nSPS) is 20.3. The third-order valence-electron chi connectivity index (χ3n) is 3.36. The molecule has 18 heavy (non-hydrogen) atoms. The molecule has 1 aromatic carbocycles. The van der Waals surface area contributed by atoms with Crippen molar-refractivity contribution in [2.24, 2.45) is 0 Å². The van der Waals surface area contributed by atoms with Gasteiger partial charge in [-0.05, 0) is 13.0 Å². The molecule has 2 N–H and O–H groups in total. The van der Waals surface area contributed by atoms with E-state index in [1.165, 1.54) is 0 Å². The lowest BCUT2D eigenvalue weighted by atomic mass is 10.1. The number of nitrogens with one attached hydrogen (secondary N) is 2. The van der Waals surface area contributed by atoms with E-state index in [9.17, 15) is 4.79 Å². The van der Waals surface area contributed by atoms with E-state index in [1.807, 2.05) is 23.1 Å². The number of hydrogen-bond donors (Lipinski definition) is 2. The van der Waals surface area contributed by atoms with Crippen LogP contribution in [0.2, 0.25) is 0 Å². The lowest BCUT2D eigenvalue weighted by Gasteiger charge is -2.32. The van der Waals surface area contributed by atoms with Crippen LogP contribution in [-0.2, 0) is 0 Å². The SMILES string of the molecule is C[C@H]1CN(C(=O)c2cccc3cn[nH]c23)CCN1. The van der Waals surface area contributed by atoms with Crippen LogP contribution in [0.3, 0.4) is 0 Å². The molecule has 1 atom stereocenters. The van der Waals surface area contributed by atoms with E-state index in [0.717, 1.165) is 30.5 Å². The van der Waals surface area contributed by atoms with Crippen LogP contribution >= 0.6 is 0 Å². The third-order valence-corrected chi connectivity index (χ3v) is 3.36. The summed E-state index contributed by atoms with van der Waals surface area (Å²) in [6.45, 7) is 4.46. The van der Waals surface area contributed by atoms with Crippen LogP contribution in [0.5, 0.6) is 0 Å². The van der Waals surface area contributed by atoms with Crippen LogP contribution in [0.25, 0.3) is 10.9 Å². The largest absolute Gasteiger partial charge is 0.336 e. The Labute approximate surface area is 105 Å². The Balaban J connectivity index is 1.94. The lowest BCUT2D eigenvalue weighted by Crippen LogP contribution is -2.51. The first-order valence-electron chi connectivity index (χ1n) is 6.20. The minimum atomic E-state index is 0.0817. The summed E-state index contributed by atoms with van der Waals surface area (Å²) in [6, 6.07) is 6.06. The molecule has 5 nitrogen and oxygen atoms in total. The Morgan fingerprint density at radius 2 is 2.39 bits per heavy atom. The minimum absolute atomic E-state index is 0.0817. The number of carbonyl (C=O) groups excluding carboxylic acids is 1. The van der Waals surface area contributed by atoms with Crippen molar-refractivity contribution < 1.29 is 4.79 Å². The van der Waals surface area contributed by atoms with Crippen LogP contribution in [0.1, 0.15) is 17.3 Å². The highest BCUT2D eigenvalue weighted by atomic mass is 16.2. The molecule has 0 spiro atoms. The van der Waals surface area contributed by atoms with E-state index in [1.54, 1.807) is 6.20 Å². The maximum Gasteiger partial charge on any atom is 0.256 e. The fourth-order valence-corrected chi connectivity index (χ4v) is 2.43. The van der Waals surface area contributed by atoms with E-state index in [-0.39, 0.29) is 5.91 Å². The lowest BCUT2D eigenvalue weighted by molar-refractivity contribution is 0.0711. The zero-order chi connectivity index (χ0) is 12.5. The number of benzene rings is 1. The molecule has 5 heteroatoms. The summed E-state index contributed by atoms with van der Waals surface area (Å²) >= 11 is 0. The van der Waals surface area contributed by atoms with Crippen molar-refractivity contribution >= 4 is 16.8 Å². The molecule has 0 bridgehead atoms. The molecule has 0 unspecified atom stereocenters. The van der Waals surface area contributed by atoms with Crippen LogP contribution in [-0.4, -0.2) is 46.7 Å². The molecule has 0 saturated carbocycles. The molecule has 1 saturated heterocycles.